The first-order chi connectivity index (χ1) is 5.65. The maximum Gasteiger partial charge on any atom is 0.239 e. The van der Waals surface area contributed by atoms with Crippen LogP contribution in [0.15, 0.2) is 0 Å². The second kappa shape index (κ2) is 3.40. The van der Waals surface area contributed by atoms with Crippen LogP contribution in [-0.2, 0) is 4.79 Å². The standard InChI is InChI=1S/C6H9BN4O/c1-3-5(7)10-11-6(3)9-4(12)2-8/h2,8H2,1H3,(H2,9,10,11,12). The van der Waals surface area contributed by atoms with Gasteiger partial charge in [-0.05, 0) is 12.5 Å². The van der Waals surface area contributed by atoms with E-state index in [0.717, 1.165) is 5.56 Å². The quantitative estimate of drug-likeness (QED) is 0.460. The number of carbonyl (C=O) groups is 1. The predicted octanol–water partition coefficient (Wildman–Crippen LogP) is -1.59. The summed E-state index contributed by atoms with van der Waals surface area (Å²) in [5.41, 5.74) is 6.26. The summed E-state index contributed by atoms with van der Waals surface area (Å²) in [4.78, 5) is 10.8. The molecule has 1 amide bonds. The van der Waals surface area contributed by atoms with Crippen molar-refractivity contribution in [3.05, 3.63) is 5.56 Å². The Hall–Kier alpha value is -1.30. The van der Waals surface area contributed by atoms with Gasteiger partial charge in [0.05, 0.1) is 6.54 Å². The molecule has 0 spiro atoms. The van der Waals surface area contributed by atoms with Crippen molar-refractivity contribution in [2.24, 2.45) is 5.73 Å². The molecule has 12 heavy (non-hydrogen) atoms. The molecular formula is C6H9BN4O. The van der Waals surface area contributed by atoms with Crippen molar-refractivity contribution >= 4 is 25.2 Å². The van der Waals surface area contributed by atoms with Crippen LogP contribution in [0.5, 0.6) is 0 Å². The number of anilines is 1. The number of amides is 1. The van der Waals surface area contributed by atoms with E-state index < -0.39 is 0 Å². The van der Waals surface area contributed by atoms with E-state index in [-0.39, 0.29) is 12.5 Å². The Morgan fingerprint density at radius 2 is 2.50 bits per heavy atom. The minimum Gasteiger partial charge on any atom is -0.322 e. The largest absolute Gasteiger partial charge is 0.322 e. The summed E-state index contributed by atoms with van der Waals surface area (Å²) in [5, 5.41) is 8.80. The number of aromatic amines is 1. The summed E-state index contributed by atoms with van der Waals surface area (Å²) in [7, 11) is 5.46. The Kier molecular flexibility index (Phi) is 2.49. The number of hydrogen-bond donors (Lipinski definition) is 3. The zero-order chi connectivity index (χ0) is 9.14. The van der Waals surface area contributed by atoms with Crippen molar-refractivity contribution in [1.29, 1.82) is 0 Å². The molecule has 0 fully saturated rings. The fourth-order valence-electron chi connectivity index (χ4n) is 0.716. The lowest BCUT2D eigenvalue weighted by molar-refractivity contribution is -0.114. The third kappa shape index (κ3) is 1.65. The highest BCUT2D eigenvalue weighted by molar-refractivity contribution is 6.32. The number of carbonyl (C=O) groups excluding carboxylic acids is 1. The molecule has 0 aromatic carbocycles. The van der Waals surface area contributed by atoms with Crippen molar-refractivity contribution < 1.29 is 4.79 Å². The molecule has 0 aliphatic rings. The molecule has 5 nitrogen and oxygen atoms in total. The third-order valence-corrected chi connectivity index (χ3v) is 1.49. The van der Waals surface area contributed by atoms with E-state index in [1.165, 1.54) is 0 Å². The normalized spacial score (nSPS) is 9.83. The number of aromatic nitrogens is 2. The van der Waals surface area contributed by atoms with Gasteiger partial charge in [-0.3, -0.25) is 9.89 Å². The smallest absolute Gasteiger partial charge is 0.239 e. The summed E-state index contributed by atoms with van der Waals surface area (Å²) in [6.07, 6.45) is 0. The van der Waals surface area contributed by atoms with E-state index in [2.05, 4.69) is 15.5 Å². The van der Waals surface area contributed by atoms with Crippen molar-refractivity contribution in [3.8, 4) is 0 Å². The lowest BCUT2D eigenvalue weighted by atomic mass is 10.0. The number of nitrogens with one attached hydrogen (secondary N) is 2. The Balaban J connectivity index is 2.76. The van der Waals surface area contributed by atoms with Gasteiger partial charge in [-0.1, -0.05) is 0 Å². The molecule has 2 radical (unpaired) electrons. The van der Waals surface area contributed by atoms with Crippen LogP contribution >= 0.6 is 0 Å². The van der Waals surface area contributed by atoms with E-state index in [1.807, 2.05) is 0 Å². The Morgan fingerprint density at radius 3 is 2.92 bits per heavy atom. The number of hydrogen-bond acceptors (Lipinski definition) is 3. The van der Waals surface area contributed by atoms with Gasteiger partial charge in [0.15, 0.2) is 5.82 Å². The SMILES string of the molecule is [B]c1[nH]nc(NC(=O)CN)c1C. The Bertz CT molecular complexity index is 296. The van der Waals surface area contributed by atoms with Gasteiger partial charge >= 0.3 is 0 Å². The number of nitrogens with zero attached hydrogens (tertiary/aromatic N) is 1. The first-order valence-electron chi connectivity index (χ1n) is 3.45. The van der Waals surface area contributed by atoms with Crippen LogP contribution in [-0.4, -0.2) is 30.5 Å². The molecule has 0 bridgehead atoms. The highest BCUT2D eigenvalue weighted by Gasteiger charge is 2.06. The number of nitrogens with two attached hydrogens (primary N) is 1. The fourth-order valence-corrected chi connectivity index (χ4v) is 0.716. The van der Waals surface area contributed by atoms with Gasteiger partial charge in [0.2, 0.25) is 5.91 Å². The lowest BCUT2D eigenvalue weighted by Crippen LogP contribution is -2.22. The maximum atomic E-state index is 10.8. The number of H-pyrrole nitrogens is 1. The second-order valence-corrected chi connectivity index (χ2v) is 2.36. The second-order valence-electron chi connectivity index (χ2n) is 2.36. The fraction of sp³-hybridized carbons (Fsp3) is 0.333. The first-order valence-corrected chi connectivity index (χ1v) is 3.45. The average molecular weight is 164 g/mol. The molecule has 0 aliphatic carbocycles. The highest BCUT2D eigenvalue weighted by atomic mass is 16.1. The van der Waals surface area contributed by atoms with E-state index in [1.54, 1.807) is 6.92 Å². The van der Waals surface area contributed by atoms with Crippen LogP contribution in [0.25, 0.3) is 0 Å². The van der Waals surface area contributed by atoms with Crippen molar-refractivity contribution in [2.45, 2.75) is 6.92 Å². The van der Waals surface area contributed by atoms with Crippen molar-refractivity contribution in [3.63, 3.8) is 0 Å². The zero-order valence-corrected chi connectivity index (χ0v) is 6.72. The topological polar surface area (TPSA) is 83.8 Å². The van der Waals surface area contributed by atoms with Crippen LogP contribution in [0.3, 0.4) is 0 Å². The maximum absolute atomic E-state index is 10.8. The molecule has 62 valence electrons. The summed E-state index contributed by atoms with van der Waals surface area (Å²) < 4.78 is 0. The number of rotatable bonds is 2. The molecule has 0 atom stereocenters. The van der Waals surface area contributed by atoms with Crippen LogP contribution in [0.2, 0.25) is 0 Å². The molecule has 1 aromatic rings. The van der Waals surface area contributed by atoms with E-state index in [4.69, 9.17) is 13.6 Å². The zero-order valence-electron chi connectivity index (χ0n) is 6.72. The minimum absolute atomic E-state index is 0.0633. The van der Waals surface area contributed by atoms with E-state index >= 15 is 0 Å². The molecule has 0 unspecified atom stereocenters. The van der Waals surface area contributed by atoms with E-state index in [9.17, 15) is 4.79 Å². The highest BCUT2D eigenvalue weighted by Crippen LogP contribution is 2.04. The van der Waals surface area contributed by atoms with Crippen LogP contribution in [0, 0.1) is 6.92 Å². The molecule has 0 saturated heterocycles. The van der Waals surface area contributed by atoms with Gasteiger partial charge in [-0.25, -0.2) is 0 Å². The minimum atomic E-state index is -0.287. The molecule has 0 saturated carbocycles. The summed E-state index contributed by atoms with van der Waals surface area (Å²) in [6, 6.07) is 0. The van der Waals surface area contributed by atoms with Crippen LogP contribution in [0.4, 0.5) is 5.82 Å². The molecule has 1 aromatic heterocycles. The summed E-state index contributed by atoms with van der Waals surface area (Å²) in [6.45, 7) is 1.69. The van der Waals surface area contributed by atoms with Gasteiger partial charge < -0.3 is 11.1 Å². The van der Waals surface area contributed by atoms with Crippen LogP contribution < -0.4 is 16.6 Å². The third-order valence-electron chi connectivity index (χ3n) is 1.49. The van der Waals surface area contributed by atoms with Crippen molar-refractivity contribution in [2.75, 3.05) is 11.9 Å². The molecular weight excluding hydrogens is 155 g/mol. The Labute approximate surface area is 71.1 Å². The molecule has 6 heteroatoms. The van der Waals surface area contributed by atoms with Crippen molar-refractivity contribution in [1.82, 2.24) is 10.2 Å². The van der Waals surface area contributed by atoms with Crippen LogP contribution in [0.1, 0.15) is 5.56 Å². The lowest BCUT2D eigenvalue weighted by Gasteiger charge is -1.99. The van der Waals surface area contributed by atoms with Gasteiger partial charge in [-0.15, -0.1) is 0 Å². The molecule has 1 rings (SSSR count). The predicted molar refractivity (Wildman–Crippen MR) is 46.4 cm³/mol. The Morgan fingerprint density at radius 1 is 1.83 bits per heavy atom. The summed E-state index contributed by atoms with van der Waals surface area (Å²) in [5.74, 6) is 0.146. The van der Waals surface area contributed by atoms with Gasteiger partial charge in [0.25, 0.3) is 0 Å². The summed E-state index contributed by atoms with van der Waals surface area (Å²) >= 11 is 0. The van der Waals surface area contributed by atoms with Gasteiger partial charge in [-0.2, -0.15) is 5.10 Å². The molecule has 4 N–H and O–H groups in total. The van der Waals surface area contributed by atoms with E-state index in [0.29, 0.717) is 11.4 Å². The average Bonchev–Trinajstić information content (AvgIpc) is 2.36. The van der Waals surface area contributed by atoms with Gasteiger partial charge in [0.1, 0.15) is 7.85 Å². The monoisotopic (exact) mass is 164 g/mol. The molecule has 0 aliphatic heterocycles. The molecule has 1 heterocycles. The first kappa shape index (κ1) is 8.80. The van der Waals surface area contributed by atoms with Gasteiger partial charge in [0, 0.05) is 5.56 Å².